The van der Waals surface area contributed by atoms with Crippen LogP contribution in [0.2, 0.25) is 0 Å². The molecule has 0 atom stereocenters. The van der Waals surface area contributed by atoms with Crippen molar-refractivity contribution in [2.45, 2.75) is 24.9 Å². The number of fused-ring (bicyclic) bond motifs is 5. The lowest BCUT2D eigenvalue weighted by Crippen LogP contribution is -2.23. The molecule has 1 aliphatic carbocycles. The van der Waals surface area contributed by atoms with Crippen molar-refractivity contribution < 1.29 is 4.74 Å². The van der Waals surface area contributed by atoms with Gasteiger partial charge in [0.05, 0.1) is 17.7 Å². The van der Waals surface area contributed by atoms with Crippen LogP contribution in [-0.4, -0.2) is 21.9 Å². The summed E-state index contributed by atoms with van der Waals surface area (Å²) < 4.78 is 7.56. The Morgan fingerprint density at radius 2 is 2.00 bits per heavy atom. The highest BCUT2D eigenvalue weighted by Gasteiger charge is 2.26. The minimum absolute atomic E-state index is 0.0272. The van der Waals surface area contributed by atoms with E-state index in [0.717, 1.165) is 34.3 Å². The molecule has 4 aromatic rings. The van der Waals surface area contributed by atoms with Crippen molar-refractivity contribution in [1.29, 1.82) is 0 Å². The Balaban J connectivity index is 1.81. The SMILES string of the molecule is C=CCSc1nc2sc3c(c2c(=O)n1-c1ccccc1OCC)CCc1ccccc1-3. The van der Waals surface area contributed by atoms with Crippen molar-refractivity contribution in [3.8, 4) is 21.9 Å². The zero-order chi connectivity index (χ0) is 21.4. The number of thiophene rings is 1. The van der Waals surface area contributed by atoms with Crippen LogP contribution in [0.3, 0.4) is 0 Å². The first-order valence-corrected chi connectivity index (χ1v) is 12.2. The summed E-state index contributed by atoms with van der Waals surface area (Å²) in [5.41, 5.74) is 4.39. The maximum atomic E-state index is 13.9. The summed E-state index contributed by atoms with van der Waals surface area (Å²) in [4.78, 5) is 20.9. The fourth-order valence-corrected chi connectivity index (χ4v) is 6.19. The molecule has 0 unspecified atom stereocenters. The summed E-state index contributed by atoms with van der Waals surface area (Å²) >= 11 is 3.14. The van der Waals surface area contributed by atoms with Gasteiger partial charge in [0.2, 0.25) is 0 Å². The van der Waals surface area contributed by atoms with E-state index in [9.17, 15) is 4.79 Å². The molecule has 6 heteroatoms. The van der Waals surface area contributed by atoms with Gasteiger partial charge in [0.1, 0.15) is 10.6 Å². The van der Waals surface area contributed by atoms with Crippen LogP contribution in [0.1, 0.15) is 18.1 Å². The van der Waals surface area contributed by atoms with Gasteiger partial charge in [-0.15, -0.1) is 17.9 Å². The molecule has 0 aliphatic heterocycles. The summed E-state index contributed by atoms with van der Waals surface area (Å²) in [5.74, 6) is 1.35. The van der Waals surface area contributed by atoms with E-state index >= 15 is 0 Å². The number of benzene rings is 2. The molecule has 0 amide bonds. The van der Waals surface area contributed by atoms with Crippen LogP contribution >= 0.6 is 23.1 Å². The molecular weight excluding hydrogens is 424 g/mol. The Bertz CT molecular complexity index is 1350. The van der Waals surface area contributed by atoms with Gasteiger partial charge in [-0.05, 0) is 48.6 Å². The first-order valence-electron chi connectivity index (χ1n) is 10.4. The lowest BCUT2D eigenvalue weighted by molar-refractivity contribution is 0.338. The average molecular weight is 447 g/mol. The van der Waals surface area contributed by atoms with E-state index in [1.165, 1.54) is 27.8 Å². The predicted molar refractivity (Wildman–Crippen MR) is 130 cm³/mol. The van der Waals surface area contributed by atoms with Crippen LogP contribution < -0.4 is 10.3 Å². The quantitative estimate of drug-likeness (QED) is 0.210. The number of aryl methyl sites for hydroxylation is 2. The van der Waals surface area contributed by atoms with Crippen molar-refractivity contribution in [3.05, 3.63) is 82.7 Å². The lowest BCUT2D eigenvalue weighted by atomic mass is 9.90. The van der Waals surface area contributed by atoms with Gasteiger partial charge in [0.25, 0.3) is 5.56 Å². The monoisotopic (exact) mass is 446 g/mol. The Labute approximate surface area is 189 Å². The molecule has 0 spiro atoms. The smallest absolute Gasteiger partial charge is 0.267 e. The van der Waals surface area contributed by atoms with Crippen LogP contribution in [0.5, 0.6) is 5.75 Å². The average Bonchev–Trinajstić information content (AvgIpc) is 3.18. The van der Waals surface area contributed by atoms with Gasteiger partial charge in [-0.3, -0.25) is 9.36 Å². The minimum Gasteiger partial charge on any atom is -0.492 e. The van der Waals surface area contributed by atoms with E-state index in [2.05, 4.69) is 30.8 Å². The number of ether oxygens (including phenoxy) is 1. The highest BCUT2D eigenvalue weighted by Crippen LogP contribution is 2.43. The molecule has 31 heavy (non-hydrogen) atoms. The molecule has 0 N–H and O–H groups in total. The van der Waals surface area contributed by atoms with Gasteiger partial charge in [-0.25, -0.2) is 4.98 Å². The Hall–Kier alpha value is -2.83. The molecule has 2 aromatic carbocycles. The molecule has 2 aromatic heterocycles. The molecule has 5 rings (SSSR count). The zero-order valence-electron chi connectivity index (χ0n) is 17.3. The molecule has 0 fully saturated rings. The van der Waals surface area contributed by atoms with Crippen LogP contribution in [0.4, 0.5) is 0 Å². The van der Waals surface area contributed by atoms with E-state index in [-0.39, 0.29) is 5.56 Å². The summed E-state index contributed by atoms with van der Waals surface area (Å²) in [6, 6.07) is 16.1. The van der Waals surface area contributed by atoms with Crippen LogP contribution in [0.25, 0.3) is 26.3 Å². The van der Waals surface area contributed by atoms with Gasteiger partial charge < -0.3 is 4.74 Å². The van der Waals surface area contributed by atoms with E-state index in [4.69, 9.17) is 9.72 Å². The highest BCUT2D eigenvalue weighted by molar-refractivity contribution is 7.99. The normalized spacial score (nSPS) is 12.4. The van der Waals surface area contributed by atoms with Crippen molar-refractivity contribution in [1.82, 2.24) is 9.55 Å². The van der Waals surface area contributed by atoms with Gasteiger partial charge in [-0.1, -0.05) is 54.2 Å². The van der Waals surface area contributed by atoms with Gasteiger partial charge in [-0.2, -0.15) is 0 Å². The van der Waals surface area contributed by atoms with Gasteiger partial charge >= 0.3 is 0 Å². The van der Waals surface area contributed by atoms with Crippen molar-refractivity contribution >= 4 is 33.3 Å². The standard InChI is InChI=1S/C25H22N2O2S2/c1-3-15-30-25-26-23-21(18-14-13-16-9-5-6-10-17(16)22(18)31-23)24(28)27(25)19-11-7-8-12-20(19)29-4-2/h3,5-12H,1,4,13-15H2,2H3. The van der Waals surface area contributed by atoms with Gasteiger partial charge in [0.15, 0.2) is 5.16 Å². The number of rotatable bonds is 6. The minimum atomic E-state index is -0.0272. The molecule has 0 saturated carbocycles. The third-order valence-corrected chi connectivity index (χ3v) is 7.53. The zero-order valence-corrected chi connectivity index (χ0v) is 18.9. The maximum absolute atomic E-state index is 13.9. The molecule has 0 saturated heterocycles. The van der Waals surface area contributed by atoms with Crippen molar-refractivity contribution in [2.24, 2.45) is 0 Å². The predicted octanol–water partition coefficient (Wildman–Crippen LogP) is 5.89. The molecular formula is C25H22N2O2S2. The lowest BCUT2D eigenvalue weighted by Gasteiger charge is -2.17. The Morgan fingerprint density at radius 3 is 2.84 bits per heavy atom. The Morgan fingerprint density at radius 1 is 1.19 bits per heavy atom. The number of aromatic nitrogens is 2. The Kier molecular flexibility index (Phi) is 5.42. The van der Waals surface area contributed by atoms with E-state index < -0.39 is 0 Å². The fraction of sp³-hybridized carbons (Fsp3) is 0.200. The third kappa shape index (κ3) is 3.40. The summed E-state index contributed by atoms with van der Waals surface area (Å²) in [6.45, 7) is 6.30. The maximum Gasteiger partial charge on any atom is 0.267 e. The summed E-state index contributed by atoms with van der Waals surface area (Å²) in [5, 5.41) is 1.40. The molecule has 156 valence electrons. The summed E-state index contributed by atoms with van der Waals surface area (Å²) in [6.07, 6.45) is 3.63. The van der Waals surface area contributed by atoms with Crippen LogP contribution in [-0.2, 0) is 12.8 Å². The van der Waals surface area contributed by atoms with E-state index in [1.54, 1.807) is 15.9 Å². The number of thioether (sulfide) groups is 1. The third-order valence-electron chi connectivity index (χ3n) is 5.44. The molecule has 0 bridgehead atoms. The highest BCUT2D eigenvalue weighted by atomic mass is 32.2. The second kappa shape index (κ2) is 8.36. The summed E-state index contributed by atoms with van der Waals surface area (Å²) in [7, 11) is 0. The molecule has 0 radical (unpaired) electrons. The largest absolute Gasteiger partial charge is 0.492 e. The first kappa shape index (κ1) is 20.1. The van der Waals surface area contributed by atoms with Crippen molar-refractivity contribution in [3.63, 3.8) is 0 Å². The number of hydrogen-bond acceptors (Lipinski definition) is 5. The van der Waals surface area contributed by atoms with E-state index in [0.29, 0.717) is 23.3 Å². The van der Waals surface area contributed by atoms with Crippen LogP contribution in [0.15, 0.2) is 71.1 Å². The fourth-order valence-electron chi connectivity index (χ4n) is 4.12. The molecule has 4 nitrogen and oxygen atoms in total. The van der Waals surface area contributed by atoms with Crippen LogP contribution in [0, 0.1) is 0 Å². The first-order chi connectivity index (χ1) is 15.2. The number of nitrogens with zero attached hydrogens (tertiary/aromatic N) is 2. The van der Waals surface area contributed by atoms with E-state index in [1.807, 2.05) is 37.3 Å². The number of para-hydroxylation sites is 2. The topological polar surface area (TPSA) is 44.1 Å². The molecule has 1 aliphatic rings. The van der Waals surface area contributed by atoms with Gasteiger partial charge in [0, 0.05) is 10.6 Å². The second-order valence-corrected chi connectivity index (χ2v) is 9.27. The second-order valence-electron chi connectivity index (χ2n) is 7.28. The number of hydrogen-bond donors (Lipinski definition) is 0. The van der Waals surface area contributed by atoms with Crippen molar-refractivity contribution in [2.75, 3.05) is 12.4 Å². The molecule has 2 heterocycles.